The summed E-state index contributed by atoms with van der Waals surface area (Å²) in [7, 11) is -1.96. The van der Waals surface area contributed by atoms with Gasteiger partial charge in [0.1, 0.15) is 0 Å². The summed E-state index contributed by atoms with van der Waals surface area (Å²) in [6.07, 6.45) is 4.63. The molecule has 0 saturated heterocycles. The van der Waals surface area contributed by atoms with Crippen LogP contribution in [0.5, 0.6) is 0 Å². The van der Waals surface area contributed by atoms with Crippen LogP contribution in [0, 0.1) is 0 Å². The van der Waals surface area contributed by atoms with Gasteiger partial charge in [0.2, 0.25) is 0 Å². The van der Waals surface area contributed by atoms with Gasteiger partial charge in [-0.25, -0.2) is 0 Å². The number of unbranched alkanes of at least 4 members (excludes halogenated alkanes) is 1. The Hall–Kier alpha value is -0.123. The molecular weight excluding hydrogens is 204 g/mol. The molecule has 0 amide bonds. The zero-order valence-corrected chi connectivity index (χ0v) is 11.9. The van der Waals surface area contributed by atoms with Crippen LogP contribution in [0.3, 0.4) is 0 Å². The van der Waals surface area contributed by atoms with Gasteiger partial charge >= 0.3 is 8.56 Å². The highest BCUT2D eigenvalue weighted by Crippen LogP contribution is 2.20. The van der Waals surface area contributed by atoms with E-state index in [0.717, 1.165) is 18.9 Å². The summed E-state index contributed by atoms with van der Waals surface area (Å²) in [6, 6.07) is 1.05. The lowest BCUT2D eigenvalue weighted by molar-refractivity contribution is 0.109. The van der Waals surface area contributed by atoms with Crippen molar-refractivity contribution in [2.24, 2.45) is 0 Å². The molecule has 15 heavy (non-hydrogen) atoms. The van der Waals surface area contributed by atoms with E-state index in [1.54, 1.807) is 0 Å². The maximum atomic E-state index is 5.98. The van der Waals surface area contributed by atoms with Crippen LogP contribution in [-0.2, 0) is 8.85 Å². The van der Waals surface area contributed by atoms with Crippen LogP contribution in [0.15, 0.2) is 12.7 Å². The molecule has 0 aromatic carbocycles. The van der Waals surface area contributed by atoms with Gasteiger partial charge in [0.05, 0.1) is 0 Å². The Balaban J connectivity index is 4.19. The van der Waals surface area contributed by atoms with Crippen molar-refractivity contribution in [2.75, 3.05) is 0 Å². The summed E-state index contributed by atoms with van der Waals surface area (Å²) >= 11 is 0. The average molecular weight is 230 g/mol. The van der Waals surface area contributed by atoms with Crippen LogP contribution in [0.2, 0.25) is 12.6 Å². The third-order valence-electron chi connectivity index (χ3n) is 2.01. The van der Waals surface area contributed by atoms with Crippen molar-refractivity contribution in [3.05, 3.63) is 12.7 Å². The number of hydrogen-bond acceptors (Lipinski definition) is 2. The lowest BCUT2D eigenvalue weighted by Gasteiger charge is -2.31. The van der Waals surface area contributed by atoms with Crippen LogP contribution >= 0.6 is 0 Å². The second-order valence-corrected chi connectivity index (χ2v) is 7.89. The van der Waals surface area contributed by atoms with E-state index in [4.69, 9.17) is 8.85 Å². The molecule has 0 N–H and O–H groups in total. The minimum Gasteiger partial charge on any atom is -0.392 e. The summed E-state index contributed by atoms with van der Waals surface area (Å²) in [4.78, 5) is 0. The highest BCUT2D eigenvalue weighted by Gasteiger charge is 2.32. The standard InChI is InChI=1S/C12H26O2Si/c1-7-8-9-10-15(6,13-11(2)3)14-12(4)5/h7,11-12H,1,8-10H2,2-6H3. The van der Waals surface area contributed by atoms with E-state index in [9.17, 15) is 0 Å². The monoisotopic (exact) mass is 230 g/mol. The van der Waals surface area contributed by atoms with Gasteiger partial charge in [-0.3, -0.25) is 0 Å². The first-order chi connectivity index (χ1) is 6.89. The lowest BCUT2D eigenvalue weighted by Crippen LogP contribution is -2.42. The van der Waals surface area contributed by atoms with Gasteiger partial charge in [-0.1, -0.05) is 6.08 Å². The van der Waals surface area contributed by atoms with Gasteiger partial charge in [-0.2, -0.15) is 0 Å². The van der Waals surface area contributed by atoms with E-state index in [1.807, 2.05) is 6.08 Å². The Bertz CT molecular complexity index is 168. The zero-order valence-electron chi connectivity index (χ0n) is 10.9. The second-order valence-electron chi connectivity index (χ2n) is 4.65. The molecule has 0 aliphatic heterocycles. The summed E-state index contributed by atoms with van der Waals surface area (Å²) in [6.45, 7) is 14.2. The summed E-state index contributed by atoms with van der Waals surface area (Å²) in [5.41, 5.74) is 0. The molecule has 0 aromatic heterocycles. The average Bonchev–Trinajstić information content (AvgIpc) is 2.00. The molecule has 0 aliphatic carbocycles. The highest BCUT2D eigenvalue weighted by atomic mass is 28.4. The SMILES string of the molecule is C=CCCC[Si](C)(OC(C)C)OC(C)C. The van der Waals surface area contributed by atoms with Gasteiger partial charge in [-0.05, 0) is 53.1 Å². The number of allylic oxidation sites excluding steroid dienone is 1. The zero-order chi connectivity index (χ0) is 11.9. The summed E-state index contributed by atoms with van der Waals surface area (Å²) in [5, 5.41) is 0. The molecule has 0 heterocycles. The van der Waals surface area contributed by atoms with Crippen LogP contribution in [-0.4, -0.2) is 20.8 Å². The molecule has 90 valence electrons. The molecule has 0 aromatic rings. The van der Waals surface area contributed by atoms with E-state index < -0.39 is 8.56 Å². The molecule has 0 atom stereocenters. The highest BCUT2D eigenvalue weighted by molar-refractivity contribution is 6.66. The van der Waals surface area contributed by atoms with Crippen LogP contribution in [0.25, 0.3) is 0 Å². The number of hydrogen-bond donors (Lipinski definition) is 0. The minimum atomic E-state index is -1.96. The van der Waals surface area contributed by atoms with Crippen molar-refractivity contribution in [3.63, 3.8) is 0 Å². The topological polar surface area (TPSA) is 18.5 Å². The van der Waals surface area contributed by atoms with Crippen molar-refractivity contribution in [1.82, 2.24) is 0 Å². The van der Waals surface area contributed by atoms with Crippen molar-refractivity contribution in [1.29, 1.82) is 0 Å². The lowest BCUT2D eigenvalue weighted by atomic mass is 10.3. The van der Waals surface area contributed by atoms with E-state index in [2.05, 4.69) is 40.8 Å². The molecule has 0 unspecified atom stereocenters. The molecule has 2 nitrogen and oxygen atoms in total. The first-order valence-electron chi connectivity index (χ1n) is 5.86. The van der Waals surface area contributed by atoms with Crippen molar-refractivity contribution >= 4 is 8.56 Å². The third kappa shape index (κ3) is 7.77. The van der Waals surface area contributed by atoms with Crippen molar-refractivity contribution < 1.29 is 8.85 Å². The molecule has 0 bridgehead atoms. The number of rotatable bonds is 8. The van der Waals surface area contributed by atoms with Crippen LogP contribution in [0.4, 0.5) is 0 Å². The van der Waals surface area contributed by atoms with Gasteiger partial charge < -0.3 is 8.85 Å². The van der Waals surface area contributed by atoms with Crippen LogP contribution < -0.4 is 0 Å². The minimum absolute atomic E-state index is 0.254. The molecule has 0 spiro atoms. The molecular formula is C12H26O2Si. The molecule has 3 heteroatoms. The van der Waals surface area contributed by atoms with Gasteiger partial charge in [0, 0.05) is 12.2 Å². The predicted molar refractivity (Wildman–Crippen MR) is 68.3 cm³/mol. The second kappa shape index (κ2) is 7.20. The predicted octanol–water partition coefficient (Wildman–Crippen LogP) is 3.87. The van der Waals surface area contributed by atoms with Crippen molar-refractivity contribution in [3.8, 4) is 0 Å². The van der Waals surface area contributed by atoms with E-state index in [1.165, 1.54) is 0 Å². The van der Waals surface area contributed by atoms with Gasteiger partial charge in [0.25, 0.3) is 0 Å². The molecule has 0 saturated carbocycles. The fourth-order valence-corrected chi connectivity index (χ4v) is 4.84. The molecule has 0 aliphatic rings. The maximum Gasteiger partial charge on any atom is 0.335 e. The summed E-state index contributed by atoms with van der Waals surface area (Å²) in [5.74, 6) is 0. The van der Waals surface area contributed by atoms with Crippen molar-refractivity contribution in [2.45, 2.75) is 65.3 Å². The molecule has 0 fully saturated rings. The first kappa shape index (κ1) is 14.9. The Labute approximate surface area is 95.9 Å². The maximum absolute atomic E-state index is 5.98. The first-order valence-corrected chi connectivity index (χ1v) is 8.38. The third-order valence-corrected chi connectivity index (χ3v) is 5.21. The van der Waals surface area contributed by atoms with E-state index in [0.29, 0.717) is 0 Å². The van der Waals surface area contributed by atoms with E-state index in [-0.39, 0.29) is 12.2 Å². The Morgan fingerprint density at radius 3 is 1.93 bits per heavy atom. The Kier molecular flexibility index (Phi) is 7.14. The summed E-state index contributed by atoms with van der Waals surface area (Å²) < 4.78 is 12.0. The van der Waals surface area contributed by atoms with Crippen LogP contribution in [0.1, 0.15) is 40.5 Å². The fraction of sp³-hybridized carbons (Fsp3) is 0.833. The van der Waals surface area contributed by atoms with Gasteiger partial charge in [-0.15, -0.1) is 6.58 Å². The quantitative estimate of drug-likeness (QED) is 0.358. The molecule has 0 rings (SSSR count). The molecule has 0 radical (unpaired) electrons. The van der Waals surface area contributed by atoms with Gasteiger partial charge in [0.15, 0.2) is 0 Å². The largest absolute Gasteiger partial charge is 0.392 e. The Morgan fingerprint density at radius 2 is 1.60 bits per heavy atom. The smallest absolute Gasteiger partial charge is 0.335 e. The van der Waals surface area contributed by atoms with E-state index >= 15 is 0 Å². The Morgan fingerprint density at radius 1 is 1.13 bits per heavy atom. The normalized spacial score (nSPS) is 12.5. The fourth-order valence-electron chi connectivity index (χ4n) is 1.71.